The fraction of sp³-hybridized carbons (Fsp3) is 0.438. The molecule has 11 heteroatoms. The van der Waals surface area contributed by atoms with Gasteiger partial charge in [-0.2, -0.15) is 10.1 Å². The second-order valence-electron chi connectivity index (χ2n) is 5.97. The minimum Gasteiger partial charge on any atom is -0.406 e. The average molecular weight is 406 g/mol. The fourth-order valence-electron chi connectivity index (χ4n) is 2.77. The van der Waals surface area contributed by atoms with Crippen molar-refractivity contribution < 1.29 is 22.7 Å². The lowest BCUT2D eigenvalue weighted by Crippen LogP contribution is -2.27. The maximum absolute atomic E-state index is 12.3. The molecule has 27 heavy (non-hydrogen) atoms. The number of hydrogen-bond donors (Lipinski definition) is 2. The monoisotopic (exact) mass is 405 g/mol. The number of rotatable bonds is 4. The summed E-state index contributed by atoms with van der Waals surface area (Å²) in [4.78, 5) is 16.7. The van der Waals surface area contributed by atoms with Crippen molar-refractivity contribution in [2.24, 2.45) is 7.05 Å². The van der Waals surface area contributed by atoms with Crippen molar-refractivity contribution in [2.45, 2.75) is 25.1 Å². The maximum atomic E-state index is 12.3. The number of benzene rings is 1. The van der Waals surface area contributed by atoms with Crippen molar-refractivity contribution >= 4 is 24.3 Å². The zero-order valence-corrected chi connectivity index (χ0v) is 15.2. The lowest BCUT2D eigenvalue weighted by molar-refractivity contribution is -0.274. The number of nitrogens with one attached hydrogen (secondary N) is 2. The molecule has 1 fully saturated rings. The highest BCUT2D eigenvalue weighted by molar-refractivity contribution is 6.03. The van der Waals surface area contributed by atoms with Gasteiger partial charge in [-0.3, -0.25) is 10.1 Å². The summed E-state index contributed by atoms with van der Waals surface area (Å²) in [6.45, 7) is 1.77. The van der Waals surface area contributed by atoms with Crippen LogP contribution in [0.25, 0.3) is 0 Å². The largest absolute Gasteiger partial charge is 0.573 e. The van der Waals surface area contributed by atoms with Crippen LogP contribution in [0.3, 0.4) is 0 Å². The molecule has 1 aromatic heterocycles. The Labute approximate surface area is 159 Å². The predicted octanol–water partition coefficient (Wildman–Crippen LogP) is 2.85. The van der Waals surface area contributed by atoms with Crippen LogP contribution in [0.4, 0.5) is 19.1 Å². The van der Waals surface area contributed by atoms with Crippen LogP contribution >= 0.6 is 12.4 Å². The number of carbonyl (C=O) groups is 1. The lowest BCUT2D eigenvalue weighted by atomic mass is 9.98. The summed E-state index contributed by atoms with van der Waals surface area (Å²) in [5.74, 6) is 0.0595. The first-order valence-corrected chi connectivity index (χ1v) is 8.10. The third kappa shape index (κ3) is 5.57. The van der Waals surface area contributed by atoms with E-state index in [4.69, 9.17) is 0 Å². The zero-order chi connectivity index (χ0) is 18.7. The van der Waals surface area contributed by atoms with E-state index in [9.17, 15) is 18.0 Å². The van der Waals surface area contributed by atoms with Gasteiger partial charge in [-0.15, -0.1) is 25.6 Å². The molecule has 1 saturated heterocycles. The summed E-state index contributed by atoms with van der Waals surface area (Å²) >= 11 is 0. The number of nitrogens with zero attached hydrogens (tertiary/aromatic N) is 3. The van der Waals surface area contributed by atoms with Crippen LogP contribution in [0.1, 0.15) is 34.9 Å². The summed E-state index contributed by atoms with van der Waals surface area (Å²) < 4.78 is 42.2. The number of hydrogen-bond acceptors (Lipinski definition) is 5. The molecular formula is C16H19ClF3N5O2. The average Bonchev–Trinajstić information content (AvgIpc) is 2.95. The number of piperidine rings is 1. The first kappa shape index (κ1) is 21.0. The van der Waals surface area contributed by atoms with E-state index in [0.717, 1.165) is 38.1 Å². The minimum atomic E-state index is -4.82. The zero-order valence-electron chi connectivity index (χ0n) is 14.4. The van der Waals surface area contributed by atoms with Gasteiger partial charge in [0.1, 0.15) is 5.75 Å². The summed E-state index contributed by atoms with van der Waals surface area (Å²) in [6, 6.07) is 4.85. The number of amides is 1. The molecule has 1 aliphatic heterocycles. The first-order valence-electron chi connectivity index (χ1n) is 8.10. The van der Waals surface area contributed by atoms with Gasteiger partial charge in [0.15, 0.2) is 5.82 Å². The topological polar surface area (TPSA) is 81.1 Å². The summed E-state index contributed by atoms with van der Waals surface area (Å²) in [6.07, 6.45) is -3.00. The van der Waals surface area contributed by atoms with E-state index >= 15 is 0 Å². The molecule has 0 spiro atoms. The molecule has 0 bridgehead atoms. The molecule has 1 aliphatic rings. The van der Waals surface area contributed by atoms with Crippen LogP contribution in [-0.4, -0.2) is 40.1 Å². The molecular weight excluding hydrogens is 387 g/mol. The molecule has 1 aromatic carbocycles. The lowest BCUT2D eigenvalue weighted by Gasteiger charge is -2.19. The van der Waals surface area contributed by atoms with Crippen molar-refractivity contribution in [3.63, 3.8) is 0 Å². The highest BCUT2D eigenvalue weighted by Crippen LogP contribution is 2.25. The summed E-state index contributed by atoms with van der Waals surface area (Å²) in [5, 5.41) is 10.2. The number of anilines is 1. The van der Waals surface area contributed by atoms with Crippen molar-refractivity contribution in [3.8, 4) is 5.75 Å². The Morgan fingerprint density at radius 1 is 1.33 bits per heavy atom. The molecule has 1 amide bonds. The van der Waals surface area contributed by atoms with Crippen molar-refractivity contribution in [2.75, 3.05) is 18.4 Å². The van der Waals surface area contributed by atoms with Gasteiger partial charge in [-0.05, 0) is 44.1 Å². The Balaban J connectivity index is 0.00000261. The van der Waals surface area contributed by atoms with E-state index in [1.165, 1.54) is 16.8 Å². The Hall–Kier alpha value is -2.33. The summed E-state index contributed by atoms with van der Waals surface area (Å²) in [7, 11) is 1.65. The number of aryl methyl sites for hydroxylation is 1. The molecule has 2 aromatic rings. The van der Waals surface area contributed by atoms with Gasteiger partial charge in [0.25, 0.3) is 5.91 Å². The molecule has 7 nitrogen and oxygen atoms in total. The Morgan fingerprint density at radius 2 is 2.04 bits per heavy atom. The summed E-state index contributed by atoms with van der Waals surface area (Å²) in [5.41, 5.74) is 0.0261. The Morgan fingerprint density at radius 3 is 2.70 bits per heavy atom. The van der Waals surface area contributed by atoms with E-state index in [2.05, 4.69) is 25.5 Å². The number of ether oxygens (including phenoxy) is 1. The molecule has 0 radical (unpaired) electrons. The van der Waals surface area contributed by atoms with Crippen molar-refractivity contribution in [3.05, 3.63) is 35.7 Å². The van der Waals surface area contributed by atoms with Crippen molar-refractivity contribution in [1.29, 1.82) is 0 Å². The third-order valence-corrected chi connectivity index (χ3v) is 4.04. The van der Waals surface area contributed by atoms with Crippen LogP contribution in [0.2, 0.25) is 0 Å². The normalized spacial score (nSPS) is 15.1. The smallest absolute Gasteiger partial charge is 0.406 e. The van der Waals surface area contributed by atoms with E-state index in [0.29, 0.717) is 5.82 Å². The van der Waals surface area contributed by atoms with E-state index < -0.39 is 18.0 Å². The fourth-order valence-corrected chi connectivity index (χ4v) is 2.77. The van der Waals surface area contributed by atoms with E-state index in [-0.39, 0.29) is 29.8 Å². The van der Waals surface area contributed by atoms with Gasteiger partial charge in [0.2, 0.25) is 5.95 Å². The van der Waals surface area contributed by atoms with E-state index in [1.807, 2.05) is 0 Å². The van der Waals surface area contributed by atoms with Gasteiger partial charge >= 0.3 is 6.36 Å². The van der Waals surface area contributed by atoms with Crippen LogP contribution in [0.15, 0.2) is 24.3 Å². The Kier molecular flexibility index (Phi) is 6.66. The molecule has 2 heterocycles. The number of carbonyl (C=O) groups excluding carboxylic acids is 1. The minimum absolute atomic E-state index is 0. The van der Waals surface area contributed by atoms with Crippen LogP contribution in [-0.2, 0) is 7.05 Å². The molecule has 2 N–H and O–H groups in total. The molecule has 0 aliphatic carbocycles. The highest BCUT2D eigenvalue weighted by atomic mass is 35.5. The molecule has 0 unspecified atom stereocenters. The van der Waals surface area contributed by atoms with Crippen LogP contribution in [0, 0.1) is 0 Å². The Bertz CT molecular complexity index is 791. The SMILES string of the molecule is Cl.Cn1nc(C2CCNCC2)nc1NC(=O)c1cccc(OC(F)(F)F)c1. The van der Waals surface area contributed by atoms with Crippen LogP contribution < -0.4 is 15.4 Å². The van der Waals surface area contributed by atoms with Gasteiger partial charge in [0, 0.05) is 18.5 Å². The standard InChI is InChI=1S/C16H18F3N5O2.ClH/c1-24-15(21-13(23-24)10-5-7-20-8-6-10)22-14(25)11-3-2-4-12(9-11)26-16(17,18)19;/h2-4,9-10,20H,5-8H2,1H3,(H,21,22,23,25);1H. The van der Waals surface area contributed by atoms with E-state index in [1.54, 1.807) is 7.05 Å². The second-order valence-corrected chi connectivity index (χ2v) is 5.97. The van der Waals surface area contributed by atoms with Crippen LogP contribution in [0.5, 0.6) is 5.75 Å². The quantitative estimate of drug-likeness (QED) is 0.817. The second kappa shape index (κ2) is 8.57. The third-order valence-electron chi connectivity index (χ3n) is 4.04. The molecule has 0 atom stereocenters. The van der Waals surface area contributed by atoms with Gasteiger partial charge in [-0.1, -0.05) is 6.07 Å². The number of aromatic nitrogens is 3. The first-order chi connectivity index (χ1) is 12.3. The van der Waals surface area contributed by atoms with Gasteiger partial charge in [0.05, 0.1) is 0 Å². The maximum Gasteiger partial charge on any atom is 0.573 e. The number of alkyl halides is 3. The van der Waals surface area contributed by atoms with Gasteiger partial charge in [-0.25, -0.2) is 4.68 Å². The predicted molar refractivity (Wildman–Crippen MR) is 94.2 cm³/mol. The van der Waals surface area contributed by atoms with Gasteiger partial charge < -0.3 is 10.1 Å². The molecule has 3 rings (SSSR count). The molecule has 148 valence electrons. The highest BCUT2D eigenvalue weighted by Gasteiger charge is 2.31. The number of halogens is 4. The molecule has 0 saturated carbocycles. The van der Waals surface area contributed by atoms with Crippen molar-refractivity contribution in [1.82, 2.24) is 20.1 Å².